The van der Waals surface area contributed by atoms with Gasteiger partial charge in [0, 0.05) is 11.0 Å². The Bertz CT molecular complexity index is 771. The molecule has 0 aromatic rings. The molecule has 0 bridgehead atoms. The van der Waals surface area contributed by atoms with Gasteiger partial charge in [0.1, 0.15) is 0 Å². The van der Waals surface area contributed by atoms with Gasteiger partial charge < -0.3 is 14.9 Å². The first-order valence-corrected chi connectivity index (χ1v) is 11.7. The topological polar surface area (TPSA) is 66.8 Å². The summed E-state index contributed by atoms with van der Waals surface area (Å²) in [5.41, 5.74) is 0.799. The van der Waals surface area contributed by atoms with E-state index in [0.717, 1.165) is 12.8 Å². The van der Waals surface area contributed by atoms with Crippen LogP contribution in [-0.2, 0) is 9.53 Å². The van der Waals surface area contributed by atoms with Gasteiger partial charge in [-0.2, -0.15) is 0 Å². The predicted molar refractivity (Wildman–Crippen MR) is 111 cm³/mol. The minimum absolute atomic E-state index is 0.111. The van der Waals surface area contributed by atoms with Crippen LogP contribution in [-0.4, -0.2) is 28.6 Å². The number of aliphatic hydroxyl groups is 2. The van der Waals surface area contributed by atoms with Crippen LogP contribution in [0.15, 0.2) is 11.6 Å². The van der Waals surface area contributed by atoms with Crippen molar-refractivity contribution in [1.29, 1.82) is 0 Å². The van der Waals surface area contributed by atoms with Crippen molar-refractivity contribution < 1.29 is 19.7 Å². The van der Waals surface area contributed by atoms with Crippen LogP contribution in [0.4, 0.5) is 0 Å². The molecular weight excluding hydrogens is 364 g/mol. The molecule has 0 aromatic heterocycles. The molecule has 1 heterocycles. The van der Waals surface area contributed by atoms with E-state index in [-0.39, 0.29) is 16.7 Å². The largest absolute Gasteiger partial charge is 0.432 e. The van der Waals surface area contributed by atoms with Gasteiger partial charge in [0.05, 0.1) is 12.0 Å². The molecule has 4 nitrogen and oxygen atoms in total. The first-order chi connectivity index (χ1) is 13.5. The van der Waals surface area contributed by atoms with Gasteiger partial charge in [-0.3, -0.25) is 0 Å². The molecule has 0 amide bonds. The highest BCUT2D eigenvalue weighted by Gasteiger charge is 2.70. The molecule has 5 unspecified atom stereocenters. The number of hydrogen-bond acceptors (Lipinski definition) is 4. The van der Waals surface area contributed by atoms with Crippen LogP contribution in [0.5, 0.6) is 0 Å². The third kappa shape index (κ3) is 2.31. The minimum atomic E-state index is -1.13. The zero-order valence-electron chi connectivity index (χ0n) is 18.7. The molecule has 0 aromatic carbocycles. The monoisotopic (exact) mass is 402 g/mol. The fourth-order valence-corrected chi connectivity index (χ4v) is 9.63. The van der Waals surface area contributed by atoms with Crippen LogP contribution in [0.25, 0.3) is 0 Å². The Morgan fingerprint density at radius 3 is 2.38 bits per heavy atom. The fourth-order valence-electron chi connectivity index (χ4n) is 9.63. The minimum Gasteiger partial charge on any atom is -0.432 e. The lowest BCUT2D eigenvalue weighted by Gasteiger charge is -2.70. The molecule has 162 valence electrons. The van der Waals surface area contributed by atoms with E-state index in [9.17, 15) is 15.0 Å². The van der Waals surface area contributed by atoms with Gasteiger partial charge in [0.2, 0.25) is 6.29 Å². The molecule has 3 saturated carbocycles. The number of carbonyl (C=O) groups is 1. The van der Waals surface area contributed by atoms with E-state index >= 15 is 0 Å². The van der Waals surface area contributed by atoms with Gasteiger partial charge in [0.15, 0.2) is 0 Å². The molecule has 1 aliphatic heterocycles. The number of allylic oxidation sites excluding steroid dienone is 1. The van der Waals surface area contributed by atoms with Crippen LogP contribution in [0.2, 0.25) is 0 Å². The number of ether oxygens (including phenoxy) is 1. The summed E-state index contributed by atoms with van der Waals surface area (Å²) in [6, 6.07) is 0. The Kier molecular flexibility index (Phi) is 4.07. The summed E-state index contributed by atoms with van der Waals surface area (Å²) in [7, 11) is 0. The van der Waals surface area contributed by atoms with Crippen molar-refractivity contribution in [3.8, 4) is 0 Å². The van der Waals surface area contributed by atoms with Crippen LogP contribution in [0, 0.1) is 45.3 Å². The number of carbonyl (C=O) groups excluding carboxylic acids is 1. The Morgan fingerprint density at radius 2 is 1.66 bits per heavy atom. The quantitative estimate of drug-likeness (QED) is 0.588. The third-order valence-corrected chi connectivity index (χ3v) is 10.9. The first kappa shape index (κ1) is 20.1. The third-order valence-electron chi connectivity index (χ3n) is 10.9. The number of rotatable bonds is 0. The highest BCUT2D eigenvalue weighted by Crippen LogP contribution is 2.73. The smallest absolute Gasteiger partial charge is 0.336 e. The lowest BCUT2D eigenvalue weighted by atomic mass is 9.34. The van der Waals surface area contributed by atoms with E-state index in [1.165, 1.54) is 32.1 Å². The van der Waals surface area contributed by atoms with E-state index in [1.54, 1.807) is 0 Å². The molecule has 0 spiro atoms. The lowest BCUT2D eigenvalue weighted by Crippen LogP contribution is -2.66. The van der Waals surface area contributed by atoms with Gasteiger partial charge in [-0.05, 0) is 72.5 Å². The summed E-state index contributed by atoms with van der Waals surface area (Å²) < 4.78 is 5.21. The molecule has 4 aliphatic carbocycles. The maximum absolute atomic E-state index is 12.3. The maximum Gasteiger partial charge on any atom is 0.336 e. The average Bonchev–Trinajstić information content (AvgIpc) is 2.91. The van der Waals surface area contributed by atoms with E-state index < -0.39 is 29.7 Å². The molecule has 4 fully saturated rings. The summed E-state index contributed by atoms with van der Waals surface area (Å²) in [6.45, 7) is 12.0. The number of cyclic esters (lactones) is 1. The van der Waals surface area contributed by atoms with Gasteiger partial charge in [-0.1, -0.05) is 47.1 Å². The molecule has 4 heteroatoms. The Morgan fingerprint density at radius 1 is 0.966 bits per heavy atom. The maximum atomic E-state index is 12.3. The number of esters is 1. The Labute approximate surface area is 175 Å². The fraction of sp³-hybridized carbons (Fsp3) is 0.880. The second-order valence-corrected chi connectivity index (χ2v) is 12.3. The summed E-state index contributed by atoms with van der Waals surface area (Å²) in [5, 5.41) is 22.2. The second-order valence-electron chi connectivity index (χ2n) is 12.3. The summed E-state index contributed by atoms with van der Waals surface area (Å²) in [5.74, 6) is 0.632. The molecule has 2 N–H and O–H groups in total. The SMILES string of the molecule is CC1(C)CCC[C@@]2(C)C1CC[C@]1(C)C2C[C@H](O)[C@]2(C)C3C(=CCC12)C(=O)OC3O. The number of fused-ring (bicyclic) bond motifs is 7. The van der Waals surface area contributed by atoms with E-state index in [0.29, 0.717) is 22.8 Å². The van der Waals surface area contributed by atoms with E-state index in [4.69, 9.17) is 4.74 Å². The second kappa shape index (κ2) is 5.88. The van der Waals surface area contributed by atoms with Crippen molar-refractivity contribution >= 4 is 5.97 Å². The van der Waals surface area contributed by atoms with Crippen molar-refractivity contribution in [2.45, 2.75) is 92.0 Å². The highest BCUT2D eigenvalue weighted by atomic mass is 16.6. The average molecular weight is 403 g/mol. The van der Waals surface area contributed by atoms with Gasteiger partial charge in [-0.15, -0.1) is 0 Å². The predicted octanol–water partition coefficient (Wildman–Crippen LogP) is 4.44. The van der Waals surface area contributed by atoms with Crippen LogP contribution < -0.4 is 0 Å². The molecule has 5 rings (SSSR count). The Hall–Kier alpha value is -0.870. The molecule has 29 heavy (non-hydrogen) atoms. The molecule has 0 radical (unpaired) electrons. The molecular formula is C25H38O4. The molecule has 1 saturated heterocycles. The summed E-state index contributed by atoms with van der Waals surface area (Å²) >= 11 is 0. The zero-order valence-corrected chi connectivity index (χ0v) is 18.7. The van der Waals surface area contributed by atoms with Crippen molar-refractivity contribution in [1.82, 2.24) is 0 Å². The van der Waals surface area contributed by atoms with Gasteiger partial charge >= 0.3 is 5.97 Å². The molecule has 5 aliphatic rings. The van der Waals surface area contributed by atoms with Gasteiger partial charge in [-0.25, -0.2) is 4.79 Å². The normalized spacial score (nSPS) is 55.7. The molecule has 9 atom stereocenters. The van der Waals surface area contributed by atoms with Crippen LogP contribution in [0.1, 0.15) is 79.6 Å². The zero-order chi connectivity index (χ0) is 21.0. The van der Waals surface area contributed by atoms with E-state index in [2.05, 4.69) is 34.6 Å². The lowest BCUT2D eigenvalue weighted by molar-refractivity contribution is -0.247. The highest BCUT2D eigenvalue weighted by molar-refractivity contribution is 5.91. The summed E-state index contributed by atoms with van der Waals surface area (Å²) in [4.78, 5) is 12.3. The van der Waals surface area contributed by atoms with E-state index in [1.807, 2.05) is 6.08 Å². The first-order valence-electron chi connectivity index (χ1n) is 11.7. The van der Waals surface area contributed by atoms with Crippen molar-refractivity contribution in [3.05, 3.63) is 11.6 Å². The van der Waals surface area contributed by atoms with Gasteiger partial charge in [0.25, 0.3) is 0 Å². The number of aliphatic hydroxyl groups excluding tert-OH is 2. The standard InChI is InChI=1S/C25H38O4/c1-22(2)10-6-11-23(3)15(22)9-12-24(4)16-8-7-14-19(21(28)29-20(14)27)25(16,5)18(26)13-17(23)24/h7,15-19,21,26,28H,6,8-13H2,1-5H3/t15?,16?,17?,18-,19?,21?,23-,24-,25+/m0/s1. The van der Waals surface area contributed by atoms with Crippen molar-refractivity contribution in [3.63, 3.8) is 0 Å². The Balaban J connectivity index is 1.60. The van der Waals surface area contributed by atoms with Crippen molar-refractivity contribution in [2.75, 3.05) is 0 Å². The van der Waals surface area contributed by atoms with Crippen LogP contribution >= 0.6 is 0 Å². The van der Waals surface area contributed by atoms with Crippen LogP contribution in [0.3, 0.4) is 0 Å². The van der Waals surface area contributed by atoms with Crippen molar-refractivity contribution in [2.24, 2.45) is 45.3 Å². The number of hydrogen-bond donors (Lipinski definition) is 2. The summed E-state index contributed by atoms with van der Waals surface area (Å²) in [6.07, 6.45) is 8.21.